The summed E-state index contributed by atoms with van der Waals surface area (Å²) < 4.78 is 4.80. The fourth-order valence-corrected chi connectivity index (χ4v) is 0.431. The fourth-order valence-electron chi connectivity index (χ4n) is 0.431. The molecule has 7 nitrogen and oxygen atoms in total. The summed E-state index contributed by atoms with van der Waals surface area (Å²) in [6, 6.07) is 0. The van der Waals surface area contributed by atoms with Crippen molar-refractivity contribution < 1.29 is 138 Å². The van der Waals surface area contributed by atoms with E-state index in [4.69, 9.17) is 24.9 Å². The fraction of sp³-hybridized carbons (Fsp3) is 0.857. The first-order chi connectivity index (χ1) is 9.15. The van der Waals surface area contributed by atoms with Gasteiger partial charge < -0.3 is 25.2 Å². The van der Waals surface area contributed by atoms with Gasteiger partial charge in [-0.25, -0.2) is 0 Å². The van der Waals surface area contributed by atoms with Crippen molar-refractivity contribution in [2.75, 3.05) is 14.2 Å². The molecule has 0 aromatic carbocycles. The molecule has 0 saturated heterocycles. The summed E-state index contributed by atoms with van der Waals surface area (Å²) in [6.07, 6.45) is 0. The summed E-state index contributed by atoms with van der Waals surface area (Å²) in [5.41, 5.74) is -1.08. The Morgan fingerprint density at radius 3 is 1.00 bits per heavy atom. The molecule has 9 heteroatoms. The molecule has 0 aliphatic rings. The van der Waals surface area contributed by atoms with E-state index in [0.29, 0.717) is 0 Å². The number of carboxylic acid groups (broad SMARTS) is 1. The van der Waals surface area contributed by atoms with Crippen molar-refractivity contribution in [1.29, 1.82) is 0 Å². The second-order valence-electron chi connectivity index (χ2n) is 5.34. The minimum atomic E-state index is -0.833. The van der Waals surface area contributed by atoms with Crippen LogP contribution >= 0.6 is 0 Å². The zero-order chi connectivity index (χ0) is 18.9. The Morgan fingerprint density at radius 1 is 0.870 bits per heavy atom. The molecule has 0 aromatic heterocycles. The molecular formula is C14H32K2O7. The Hall–Kier alpha value is 2.09. The topological polar surface area (TPSA) is 130 Å². The number of carboxylic acids is 1. The van der Waals surface area contributed by atoms with E-state index in [1.165, 1.54) is 6.92 Å². The van der Waals surface area contributed by atoms with Gasteiger partial charge in [0.1, 0.15) is 5.60 Å². The number of hydrogen-bond acceptors (Lipinski definition) is 6. The average Bonchev–Trinajstić information content (AvgIpc) is 2.16. The summed E-state index contributed by atoms with van der Waals surface area (Å²) in [5.74, 6) is -1.06. The Bertz CT molecular complexity index is 224. The molecule has 0 aromatic rings. The summed E-state index contributed by atoms with van der Waals surface area (Å²) in [7, 11) is 1.75. The molecule has 0 spiro atoms. The third-order valence-corrected chi connectivity index (χ3v) is 0.450. The van der Waals surface area contributed by atoms with Crippen LogP contribution in [0, 0.1) is 0 Å². The third-order valence-electron chi connectivity index (χ3n) is 0.450. The SMILES string of the molecule is CC(=O)O.CC(=O)OC(C)(C)C.CC(C)(C)[O-].CO.C[O-].[K+].[K+]. The maximum atomic E-state index is 10.2. The van der Waals surface area contributed by atoms with Crippen LogP contribution in [0.4, 0.5) is 0 Å². The molecule has 0 heterocycles. The van der Waals surface area contributed by atoms with Gasteiger partial charge in [-0.1, -0.05) is 20.8 Å². The molecule has 0 fully saturated rings. The summed E-state index contributed by atoms with van der Waals surface area (Å²) in [6.45, 7) is 12.9. The van der Waals surface area contributed by atoms with E-state index < -0.39 is 11.6 Å². The van der Waals surface area contributed by atoms with Crippen molar-refractivity contribution in [2.24, 2.45) is 0 Å². The monoisotopic (exact) mass is 390 g/mol. The zero-order valence-corrected chi connectivity index (χ0v) is 23.2. The van der Waals surface area contributed by atoms with Crippen molar-refractivity contribution in [3.63, 3.8) is 0 Å². The van der Waals surface area contributed by atoms with E-state index in [9.17, 15) is 9.90 Å². The number of aliphatic hydroxyl groups is 1. The third kappa shape index (κ3) is 234. The van der Waals surface area contributed by atoms with Gasteiger partial charge in [-0.2, -0.15) is 7.11 Å². The van der Waals surface area contributed by atoms with Crippen LogP contribution in [0.5, 0.6) is 0 Å². The Morgan fingerprint density at radius 2 is 1.00 bits per heavy atom. The smallest absolute Gasteiger partial charge is 0.857 e. The van der Waals surface area contributed by atoms with Crippen LogP contribution in [0.15, 0.2) is 0 Å². The number of ether oxygens (including phenoxy) is 1. The molecule has 2 N–H and O–H groups in total. The van der Waals surface area contributed by atoms with Crippen molar-refractivity contribution in [3.05, 3.63) is 0 Å². The Labute approximate surface area is 226 Å². The first-order valence-corrected chi connectivity index (χ1v) is 6.10. The minimum absolute atomic E-state index is 0. The normalized spacial score (nSPS) is 8.04. The number of esters is 1. The van der Waals surface area contributed by atoms with E-state index >= 15 is 0 Å². The van der Waals surface area contributed by atoms with Crippen molar-refractivity contribution in [2.45, 2.75) is 66.6 Å². The van der Waals surface area contributed by atoms with Gasteiger partial charge in [-0.05, 0) is 20.8 Å². The zero-order valence-electron chi connectivity index (χ0n) is 16.9. The number of hydrogen-bond donors (Lipinski definition) is 2. The van der Waals surface area contributed by atoms with Gasteiger partial charge in [-0.15, -0.1) is 5.60 Å². The van der Waals surface area contributed by atoms with Gasteiger partial charge >= 0.3 is 109 Å². The summed E-state index contributed by atoms with van der Waals surface area (Å²) in [4.78, 5) is 19.2. The molecule has 0 aliphatic carbocycles. The standard InChI is InChI=1S/C6H12O2.C4H9O.C2H4O2.CH4O.CH3O.2K/c1-5(7)8-6(2,3)4;1-4(2,3)5;1-2(3)4;2*1-2;;/h1-4H3;1-3H3;1H3,(H,3,4);2H,1H3;1H3;;/q;-1;;;-1;2*+1. The Balaban J connectivity index is -0.0000000301. The molecule has 0 amide bonds. The number of carbonyl (C=O) groups excluding carboxylic acids is 1. The number of carbonyl (C=O) groups is 2. The van der Waals surface area contributed by atoms with Crippen LogP contribution in [0.1, 0.15) is 55.4 Å². The molecule has 0 aliphatic heterocycles. The first kappa shape index (κ1) is 44.5. The first-order valence-electron chi connectivity index (χ1n) is 6.10. The molecule has 0 bridgehead atoms. The van der Waals surface area contributed by atoms with E-state index in [1.54, 1.807) is 20.8 Å². The summed E-state index contributed by atoms with van der Waals surface area (Å²) in [5, 5.41) is 32.8. The summed E-state index contributed by atoms with van der Waals surface area (Å²) >= 11 is 0. The van der Waals surface area contributed by atoms with Crippen molar-refractivity contribution in [3.8, 4) is 0 Å². The number of aliphatic carboxylic acids is 1. The van der Waals surface area contributed by atoms with Crippen LogP contribution < -0.4 is 113 Å². The average molecular weight is 391 g/mol. The van der Waals surface area contributed by atoms with E-state index in [0.717, 1.165) is 21.1 Å². The molecular weight excluding hydrogens is 358 g/mol. The van der Waals surface area contributed by atoms with E-state index in [2.05, 4.69) is 0 Å². The van der Waals surface area contributed by atoms with Crippen LogP contribution in [0.2, 0.25) is 0 Å². The van der Waals surface area contributed by atoms with Gasteiger partial charge in [0, 0.05) is 21.0 Å². The number of aliphatic hydroxyl groups excluding tert-OH is 1. The molecule has 23 heavy (non-hydrogen) atoms. The van der Waals surface area contributed by atoms with Crippen LogP contribution in [-0.2, 0) is 14.3 Å². The van der Waals surface area contributed by atoms with E-state index in [1.807, 2.05) is 20.8 Å². The minimum Gasteiger partial charge on any atom is -0.857 e. The van der Waals surface area contributed by atoms with Crippen LogP contribution in [0.3, 0.4) is 0 Å². The van der Waals surface area contributed by atoms with Gasteiger partial charge in [0.15, 0.2) is 0 Å². The van der Waals surface area contributed by atoms with Crippen molar-refractivity contribution in [1.82, 2.24) is 0 Å². The molecule has 0 saturated carbocycles. The van der Waals surface area contributed by atoms with Crippen LogP contribution in [0.25, 0.3) is 0 Å². The van der Waals surface area contributed by atoms with Crippen LogP contribution in [-0.4, -0.2) is 47.6 Å². The van der Waals surface area contributed by atoms with Gasteiger partial charge in [0.05, 0.1) is 0 Å². The second-order valence-corrected chi connectivity index (χ2v) is 5.34. The molecule has 0 atom stereocenters. The number of rotatable bonds is 0. The molecule has 0 radical (unpaired) electrons. The quantitative estimate of drug-likeness (QED) is 0.311. The maximum Gasteiger partial charge on any atom is 1.00 e. The van der Waals surface area contributed by atoms with Gasteiger partial charge in [-0.3, -0.25) is 9.59 Å². The van der Waals surface area contributed by atoms with Crippen molar-refractivity contribution >= 4 is 11.9 Å². The van der Waals surface area contributed by atoms with E-state index in [-0.39, 0.29) is 114 Å². The molecule has 0 unspecified atom stereocenters. The Kier molecular flexibility index (Phi) is 55.9. The predicted octanol–water partition coefficient (Wildman–Crippen LogP) is -5.82. The maximum absolute atomic E-state index is 10.2. The largest absolute Gasteiger partial charge is 1.00 e. The van der Waals surface area contributed by atoms with Gasteiger partial charge in [0.2, 0.25) is 0 Å². The second kappa shape index (κ2) is 28.9. The predicted molar refractivity (Wildman–Crippen MR) is 78.6 cm³/mol. The van der Waals surface area contributed by atoms with Gasteiger partial charge in [0.25, 0.3) is 5.97 Å². The molecule has 132 valence electrons. The molecule has 0 rings (SSSR count).